The molecule has 2 atom stereocenters. The van der Waals surface area contributed by atoms with Crippen molar-refractivity contribution in [2.45, 2.75) is 64.6 Å². The van der Waals surface area contributed by atoms with Crippen LogP contribution in [0.4, 0.5) is 0 Å². The van der Waals surface area contributed by atoms with Crippen LogP contribution in [-0.4, -0.2) is 22.3 Å². The van der Waals surface area contributed by atoms with E-state index in [-0.39, 0.29) is 17.4 Å². The molecule has 6 heteroatoms. The van der Waals surface area contributed by atoms with Crippen molar-refractivity contribution < 1.29 is 14.3 Å². The predicted octanol–water partition coefficient (Wildman–Crippen LogP) is 4.49. The molecule has 4 rings (SSSR count). The van der Waals surface area contributed by atoms with Gasteiger partial charge < -0.3 is 20.1 Å². The Labute approximate surface area is 183 Å². The van der Waals surface area contributed by atoms with Crippen molar-refractivity contribution in [2.75, 3.05) is 0 Å². The monoisotopic (exact) mass is 424 g/mol. The Kier molecular flexibility index (Phi) is 5.01. The third kappa shape index (κ3) is 4.01. The molecule has 5 nitrogen and oxygen atoms in total. The lowest BCUT2D eigenvalue weighted by atomic mass is 9.76. The fraction of sp³-hybridized carbons (Fsp3) is 0.417. The van der Waals surface area contributed by atoms with E-state index < -0.39 is 5.72 Å². The number of hydrogen-bond donors (Lipinski definition) is 2. The standard InChI is InChI=1S/C24H28N2O3S/c1-14-6-8-17(9-7-14)19-12-24(13-23(4,5)25-22(30)26-24)29-20-11-18(28-16(3)27)10-15(2)21(19)20/h6-11,19H,12-13H2,1-5H3,(H2,25,26,30)/t19-,24+/m1/s1. The Morgan fingerprint density at radius 3 is 2.50 bits per heavy atom. The van der Waals surface area contributed by atoms with Gasteiger partial charge in [0.05, 0.1) is 0 Å². The van der Waals surface area contributed by atoms with Gasteiger partial charge in [-0.25, -0.2) is 0 Å². The number of carbonyl (C=O) groups is 1. The van der Waals surface area contributed by atoms with Crippen LogP contribution in [0.15, 0.2) is 36.4 Å². The molecule has 0 aliphatic carbocycles. The van der Waals surface area contributed by atoms with Crippen LogP contribution in [0.2, 0.25) is 0 Å². The topological polar surface area (TPSA) is 59.6 Å². The van der Waals surface area contributed by atoms with Gasteiger partial charge in [0.2, 0.25) is 0 Å². The maximum atomic E-state index is 11.5. The summed E-state index contributed by atoms with van der Waals surface area (Å²) in [6.07, 6.45) is 1.49. The number of thiocarbonyl (C=S) groups is 1. The molecule has 1 saturated heterocycles. The van der Waals surface area contributed by atoms with E-state index in [1.807, 2.05) is 19.1 Å². The number of esters is 1. The Hall–Kier alpha value is -2.60. The SMILES string of the molecule is CC(=O)Oc1cc(C)c2c(c1)O[C@@]1(C[C@@H]2c2ccc(C)cc2)CC(C)(C)NC(=S)N1. The van der Waals surface area contributed by atoms with Gasteiger partial charge in [0.25, 0.3) is 0 Å². The molecule has 0 saturated carbocycles. The van der Waals surface area contributed by atoms with E-state index >= 15 is 0 Å². The Bertz CT molecular complexity index is 1020. The first-order chi connectivity index (χ1) is 14.1. The average Bonchev–Trinajstić information content (AvgIpc) is 2.58. The molecule has 0 aromatic heterocycles. The number of fused-ring (bicyclic) bond motifs is 1. The van der Waals surface area contributed by atoms with Crippen LogP contribution >= 0.6 is 12.2 Å². The molecule has 158 valence electrons. The molecule has 30 heavy (non-hydrogen) atoms. The minimum Gasteiger partial charge on any atom is -0.468 e. The highest BCUT2D eigenvalue weighted by Gasteiger charge is 2.49. The van der Waals surface area contributed by atoms with E-state index in [0.29, 0.717) is 10.9 Å². The Morgan fingerprint density at radius 2 is 1.87 bits per heavy atom. The zero-order valence-electron chi connectivity index (χ0n) is 18.1. The third-order valence-electron chi connectivity index (χ3n) is 5.77. The summed E-state index contributed by atoms with van der Waals surface area (Å²) in [5, 5.41) is 7.33. The van der Waals surface area contributed by atoms with Gasteiger partial charge in [-0.3, -0.25) is 4.79 Å². The van der Waals surface area contributed by atoms with Crippen LogP contribution in [0.3, 0.4) is 0 Å². The van der Waals surface area contributed by atoms with Crippen LogP contribution < -0.4 is 20.1 Å². The summed E-state index contributed by atoms with van der Waals surface area (Å²) in [7, 11) is 0. The molecule has 2 N–H and O–H groups in total. The molecule has 0 bridgehead atoms. The quantitative estimate of drug-likeness (QED) is 0.421. The number of aryl methyl sites for hydroxylation is 2. The van der Waals surface area contributed by atoms with Gasteiger partial charge in [0, 0.05) is 42.9 Å². The first-order valence-corrected chi connectivity index (χ1v) is 10.7. The second kappa shape index (κ2) is 7.27. The number of carbonyl (C=O) groups excluding carboxylic acids is 1. The molecule has 2 aliphatic rings. The molecule has 2 aromatic rings. The van der Waals surface area contributed by atoms with Crippen LogP contribution in [0, 0.1) is 13.8 Å². The summed E-state index contributed by atoms with van der Waals surface area (Å²) in [4.78, 5) is 11.5. The number of ether oxygens (including phenoxy) is 2. The number of nitrogens with one attached hydrogen (secondary N) is 2. The molecule has 0 radical (unpaired) electrons. The second-order valence-corrected chi connectivity index (χ2v) is 9.56. The smallest absolute Gasteiger partial charge is 0.308 e. The van der Waals surface area contributed by atoms with Gasteiger partial charge in [-0.2, -0.15) is 0 Å². The van der Waals surface area contributed by atoms with Crippen molar-refractivity contribution in [3.8, 4) is 11.5 Å². The highest BCUT2D eigenvalue weighted by atomic mass is 32.1. The van der Waals surface area contributed by atoms with Gasteiger partial charge >= 0.3 is 5.97 Å². The molecular formula is C24H28N2O3S. The molecule has 1 spiro atoms. The zero-order chi connectivity index (χ0) is 21.7. The Balaban J connectivity index is 1.85. The normalized spacial score (nSPS) is 24.3. The lowest BCUT2D eigenvalue weighted by Gasteiger charge is -2.50. The van der Waals surface area contributed by atoms with E-state index in [1.54, 1.807) is 0 Å². The predicted molar refractivity (Wildman–Crippen MR) is 121 cm³/mol. The maximum Gasteiger partial charge on any atom is 0.308 e. The molecule has 0 amide bonds. The first kappa shape index (κ1) is 20.7. The van der Waals surface area contributed by atoms with Crippen LogP contribution in [0.25, 0.3) is 0 Å². The van der Waals surface area contributed by atoms with Gasteiger partial charge in [-0.15, -0.1) is 0 Å². The van der Waals surface area contributed by atoms with Gasteiger partial charge in [-0.1, -0.05) is 29.8 Å². The summed E-state index contributed by atoms with van der Waals surface area (Å²) < 4.78 is 12.0. The minimum atomic E-state index is -0.643. The second-order valence-electron chi connectivity index (χ2n) is 9.15. The fourth-order valence-corrected chi connectivity index (χ4v) is 5.25. The zero-order valence-corrected chi connectivity index (χ0v) is 18.9. The lowest BCUT2D eigenvalue weighted by Crippen LogP contribution is -2.69. The van der Waals surface area contributed by atoms with E-state index in [1.165, 1.54) is 18.1 Å². The Morgan fingerprint density at radius 1 is 1.17 bits per heavy atom. The molecule has 2 aromatic carbocycles. The third-order valence-corrected chi connectivity index (χ3v) is 5.98. The number of hydrogen-bond acceptors (Lipinski definition) is 4. The highest BCUT2D eigenvalue weighted by Crippen LogP contribution is 2.49. The summed E-state index contributed by atoms with van der Waals surface area (Å²) in [5.41, 5.74) is 3.78. The van der Waals surface area contributed by atoms with Crippen molar-refractivity contribution in [3.63, 3.8) is 0 Å². The van der Waals surface area contributed by atoms with Gasteiger partial charge in [-0.05, 0) is 57.1 Å². The largest absolute Gasteiger partial charge is 0.468 e. The first-order valence-electron chi connectivity index (χ1n) is 10.2. The minimum absolute atomic E-state index is 0.130. The molecule has 2 heterocycles. The summed E-state index contributed by atoms with van der Waals surface area (Å²) >= 11 is 5.52. The fourth-order valence-electron chi connectivity index (χ4n) is 4.79. The molecule has 2 aliphatic heterocycles. The highest BCUT2D eigenvalue weighted by molar-refractivity contribution is 7.80. The van der Waals surface area contributed by atoms with Gasteiger partial charge in [0.1, 0.15) is 11.5 Å². The number of rotatable bonds is 2. The summed E-state index contributed by atoms with van der Waals surface area (Å²) in [6.45, 7) is 9.79. The lowest BCUT2D eigenvalue weighted by molar-refractivity contribution is -0.131. The summed E-state index contributed by atoms with van der Waals surface area (Å²) in [6, 6.07) is 12.4. The van der Waals surface area contributed by atoms with Crippen LogP contribution in [-0.2, 0) is 4.79 Å². The average molecular weight is 425 g/mol. The van der Waals surface area contributed by atoms with Crippen molar-refractivity contribution >= 4 is 23.3 Å². The van der Waals surface area contributed by atoms with Gasteiger partial charge in [0.15, 0.2) is 10.8 Å². The van der Waals surface area contributed by atoms with E-state index in [2.05, 4.69) is 55.7 Å². The van der Waals surface area contributed by atoms with Crippen LogP contribution in [0.1, 0.15) is 61.8 Å². The van der Waals surface area contributed by atoms with E-state index in [0.717, 1.165) is 29.7 Å². The molecule has 1 fully saturated rings. The van der Waals surface area contributed by atoms with Crippen molar-refractivity contribution in [1.29, 1.82) is 0 Å². The van der Waals surface area contributed by atoms with Crippen molar-refractivity contribution in [1.82, 2.24) is 10.6 Å². The van der Waals surface area contributed by atoms with E-state index in [4.69, 9.17) is 21.7 Å². The van der Waals surface area contributed by atoms with Crippen LogP contribution in [0.5, 0.6) is 11.5 Å². The van der Waals surface area contributed by atoms with Crippen molar-refractivity contribution in [2.24, 2.45) is 0 Å². The molecule has 0 unspecified atom stereocenters. The van der Waals surface area contributed by atoms with Crippen molar-refractivity contribution in [3.05, 3.63) is 58.7 Å². The number of benzene rings is 2. The summed E-state index contributed by atoms with van der Waals surface area (Å²) in [5.74, 6) is 1.01. The maximum absolute atomic E-state index is 11.5. The molecular weight excluding hydrogens is 396 g/mol. The van der Waals surface area contributed by atoms with E-state index in [9.17, 15) is 4.79 Å².